The average molecular weight is 308 g/mol. The predicted molar refractivity (Wildman–Crippen MR) is 74.7 cm³/mol. The molecule has 0 aliphatic carbocycles. The van der Waals surface area contributed by atoms with Gasteiger partial charge in [0.2, 0.25) is 0 Å². The van der Waals surface area contributed by atoms with E-state index in [9.17, 15) is 14.7 Å². The van der Waals surface area contributed by atoms with Gasteiger partial charge in [0.15, 0.2) is 11.9 Å². The van der Waals surface area contributed by atoms with Crippen LogP contribution in [-0.2, 0) is 9.53 Å². The van der Waals surface area contributed by atoms with Crippen molar-refractivity contribution in [2.45, 2.75) is 19.1 Å². The number of hydrogen-bond donors (Lipinski definition) is 3. The number of carboxylic acids is 1. The zero-order chi connectivity index (χ0) is 16.3. The number of amides is 1. The van der Waals surface area contributed by atoms with E-state index >= 15 is 0 Å². The highest BCUT2D eigenvalue weighted by Gasteiger charge is 2.33. The van der Waals surface area contributed by atoms with Crippen LogP contribution in [0.3, 0.4) is 0 Å². The summed E-state index contributed by atoms with van der Waals surface area (Å²) in [5, 5.41) is 25.7. The quantitative estimate of drug-likeness (QED) is 0.426. The number of nitrogens with zero attached hydrogens (tertiary/aromatic N) is 3. The number of rotatable bonds is 3. The van der Waals surface area contributed by atoms with Gasteiger partial charge >= 0.3 is 5.97 Å². The third-order valence-electron chi connectivity index (χ3n) is 3.23. The average Bonchev–Trinajstić information content (AvgIpc) is 2.48. The molecule has 1 amide bonds. The molecule has 1 aromatic rings. The Morgan fingerprint density at radius 3 is 2.77 bits per heavy atom. The number of carbonyl (C=O) groups is 2. The van der Waals surface area contributed by atoms with E-state index in [1.807, 2.05) is 0 Å². The van der Waals surface area contributed by atoms with Gasteiger partial charge < -0.3 is 25.7 Å². The molecule has 0 radical (unpaired) electrons. The van der Waals surface area contributed by atoms with Crippen molar-refractivity contribution in [2.75, 3.05) is 13.1 Å². The monoisotopic (exact) mass is 308 g/mol. The zero-order valence-corrected chi connectivity index (χ0v) is 11.8. The first-order valence-electron chi connectivity index (χ1n) is 6.54. The number of benzene rings is 1. The van der Waals surface area contributed by atoms with Crippen molar-refractivity contribution in [3.05, 3.63) is 23.8 Å². The Morgan fingerprint density at radius 2 is 2.14 bits per heavy atom. The number of morpholine rings is 1. The summed E-state index contributed by atoms with van der Waals surface area (Å²) in [5.41, 5.74) is 0.0626. The predicted octanol–water partition coefficient (Wildman–Crippen LogP) is 0.664. The van der Waals surface area contributed by atoms with E-state index in [0.717, 1.165) is 0 Å². The number of para-hydroxylation sites is 1. The Balaban J connectivity index is 2.27. The van der Waals surface area contributed by atoms with Crippen LogP contribution in [0, 0.1) is 0 Å². The third-order valence-corrected chi connectivity index (χ3v) is 3.23. The summed E-state index contributed by atoms with van der Waals surface area (Å²) < 4.78 is 5.25. The van der Waals surface area contributed by atoms with Crippen LogP contribution >= 0.6 is 0 Å². The number of carboxylic acid groups (broad SMARTS) is 1. The smallest absolute Gasteiger partial charge is 0.334 e. The van der Waals surface area contributed by atoms with Crippen LogP contribution < -0.4 is 5.84 Å². The molecule has 1 heterocycles. The lowest BCUT2D eigenvalue weighted by Gasteiger charge is -2.35. The minimum atomic E-state index is -1.14. The minimum Gasteiger partial charge on any atom is -0.505 e. The van der Waals surface area contributed by atoms with Gasteiger partial charge in [0.05, 0.1) is 18.2 Å². The molecule has 0 aromatic heterocycles. The Morgan fingerprint density at radius 1 is 1.41 bits per heavy atom. The van der Waals surface area contributed by atoms with E-state index in [2.05, 4.69) is 10.3 Å². The molecule has 1 aromatic carbocycles. The molecule has 1 unspecified atom stereocenters. The molecule has 9 heteroatoms. The summed E-state index contributed by atoms with van der Waals surface area (Å²) in [6, 6.07) is 4.39. The van der Waals surface area contributed by atoms with E-state index in [0.29, 0.717) is 0 Å². The maximum Gasteiger partial charge on any atom is 0.334 e. The highest BCUT2D eigenvalue weighted by Crippen LogP contribution is 2.31. The van der Waals surface area contributed by atoms with Gasteiger partial charge in [-0.1, -0.05) is 11.3 Å². The van der Waals surface area contributed by atoms with Crippen molar-refractivity contribution in [1.82, 2.24) is 4.90 Å². The Labute approximate surface area is 126 Å². The van der Waals surface area contributed by atoms with Crippen LogP contribution in [0.1, 0.15) is 17.3 Å². The second-order valence-corrected chi connectivity index (χ2v) is 4.87. The first-order chi connectivity index (χ1) is 10.4. The first-order valence-corrected chi connectivity index (χ1v) is 6.54. The van der Waals surface area contributed by atoms with Crippen molar-refractivity contribution in [1.29, 1.82) is 0 Å². The van der Waals surface area contributed by atoms with E-state index in [-0.39, 0.29) is 30.1 Å². The fourth-order valence-corrected chi connectivity index (χ4v) is 2.27. The molecular formula is C13H16N4O5. The molecule has 1 saturated heterocycles. The highest BCUT2D eigenvalue weighted by molar-refractivity contribution is 5.98. The minimum absolute atomic E-state index is 0.00291. The molecule has 2 atom stereocenters. The summed E-state index contributed by atoms with van der Waals surface area (Å²) in [4.78, 5) is 24.9. The molecule has 22 heavy (non-hydrogen) atoms. The largest absolute Gasteiger partial charge is 0.505 e. The third kappa shape index (κ3) is 3.14. The van der Waals surface area contributed by atoms with Gasteiger partial charge in [-0.15, -0.1) is 5.11 Å². The van der Waals surface area contributed by atoms with Crippen LogP contribution in [0.15, 0.2) is 28.5 Å². The summed E-state index contributed by atoms with van der Waals surface area (Å²) in [6.07, 6.45) is -1.52. The second-order valence-electron chi connectivity index (χ2n) is 4.87. The normalized spacial score (nSPS) is 22.0. The van der Waals surface area contributed by atoms with Crippen LogP contribution in [0.4, 0.5) is 5.69 Å². The van der Waals surface area contributed by atoms with E-state index in [4.69, 9.17) is 15.7 Å². The molecule has 1 aliphatic heterocycles. The topological polar surface area (TPSA) is 138 Å². The Kier molecular flexibility index (Phi) is 4.56. The molecule has 118 valence electrons. The fraction of sp³-hybridized carbons (Fsp3) is 0.385. The lowest BCUT2D eigenvalue weighted by atomic mass is 10.1. The van der Waals surface area contributed by atoms with Gasteiger partial charge in [0, 0.05) is 6.54 Å². The SMILES string of the molecule is C[C@@H]1CN(C(=O)c2cccc(N=NN)c2O)CC(C(=O)O)O1. The second kappa shape index (κ2) is 6.39. The molecule has 0 bridgehead atoms. The maximum absolute atomic E-state index is 12.5. The summed E-state index contributed by atoms with van der Waals surface area (Å²) in [5.74, 6) is 2.94. The Bertz CT molecular complexity index is 618. The molecular weight excluding hydrogens is 292 g/mol. The molecule has 0 saturated carbocycles. The lowest BCUT2D eigenvalue weighted by molar-refractivity contribution is -0.160. The van der Waals surface area contributed by atoms with E-state index in [1.165, 1.54) is 23.1 Å². The van der Waals surface area contributed by atoms with E-state index < -0.39 is 24.1 Å². The number of phenolic OH excluding ortho intramolecular Hbond substituents is 1. The standard InChI is InChI=1S/C13H16N4O5/c1-7-5-17(6-10(22-7)13(20)21)12(19)8-3-2-4-9(11(8)18)15-16-14/h2-4,7,10,18H,5-6H2,1H3,(H2,14,15)(H,20,21)/t7-,10?/m1/s1. The number of aromatic hydroxyl groups is 1. The van der Waals surface area contributed by atoms with Crippen LogP contribution in [0.2, 0.25) is 0 Å². The summed E-state index contributed by atoms with van der Waals surface area (Å²) >= 11 is 0. The number of nitrogens with two attached hydrogens (primary N) is 1. The van der Waals surface area contributed by atoms with Crippen LogP contribution in [0.25, 0.3) is 0 Å². The fourth-order valence-electron chi connectivity index (χ4n) is 2.27. The molecule has 9 nitrogen and oxygen atoms in total. The van der Waals surface area contributed by atoms with Crippen molar-refractivity contribution in [3.63, 3.8) is 0 Å². The molecule has 2 rings (SSSR count). The lowest BCUT2D eigenvalue weighted by Crippen LogP contribution is -2.51. The van der Waals surface area contributed by atoms with Gasteiger partial charge in [-0.25, -0.2) is 4.79 Å². The molecule has 4 N–H and O–H groups in total. The van der Waals surface area contributed by atoms with Gasteiger partial charge in [-0.05, 0) is 19.1 Å². The van der Waals surface area contributed by atoms with Crippen molar-refractivity contribution in [3.8, 4) is 5.75 Å². The Hall–Kier alpha value is -2.68. The molecule has 1 aliphatic rings. The zero-order valence-electron chi connectivity index (χ0n) is 11.8. The molecule has 1 fully saturated rings. The van der Waals surface area contributed by atoms with Crippen molar-refractivity contribution < 1.29 is 24.5 Å². The summed E-state index contributed by atoms with van der Waals surface area (Å²) in [7, 11) is 0. The first kappa shape index (κ1) is 15.7. The maximum atomic E-state index is 12.5. The van der Waals surface area contributed by atoms with Crippen LogP contribution in [0.5, 0.6) is 5.75 Å². The number of ether oxygens (including phenoxy) is 1. The van der Waals surface area contributed by atoms with Crippen LogP contribution in [-0.4, -0.2) is 52.3 Å². The molecule has 0 spiro atoms. The van der Waals surface area contributed by atoms with Crippen molar-refractivity contribution in [2.24, 2.45) is 16.2 Å². The van der Waals surface area contributed by atoms with Gasteiger partial charge in [-0.3, -0.25) is 4.79 Å². The number of hydrogen-bond acceptors (Lipinski definition) is 6. The van der Waals surface area contributed by atoms with Crippen molar-refractivity contribution >= 4 is 17.6 Å². The number of carbonyl (C=O) groups excluding carboxylic acids is 1. The van der Waals surface area contributed by atoms with Gasteiger partial charge in [-0.2, -0.15) is 0 Å². The van der Waals surface area contributed by atoms with E-state index in [1.54, 1.807) is 6.92 Å². The highest BCUT2D eigenvalue weighted by atomic mass is 16.5. The number of aliphatic carboxylic acids is 1. The summed E-state index contributed by atoms with van der Waals surface area (Å²) in [6.45, 7) is 1.81. The van der Waals surface area contributed by atoms with Gasteiger partial charge in [0.25, 0.3) is 5.91 Å². The number of phenols is 1. The van der Waals surface area contributed by atoms with Gasteiger partial charge in [0.1, 0.15) is 5.69 Å².